The minimum atomic E-state index is 0.733. The third-order valence-corrected chi connectivity index (χ3v) is 5.45. The molecular formula is C28H26O4. The van der Waals surface area contributed by atoms with E-state index in [9.17, 15) is 0 Å². The van der Waals surface area contributed by atoms with Gasteiger partial charge in [0.15, 0.2) is 0 Å². The van der Waals surface area contributed by atoms with E-state index in [-0.39, 0.29) is 0 Å². The summed E-state index contributed by atoms with van der Waals surface area (Å²) in [4.78, 5) is 0. The van der Waals surface area contributed by atoms with E-state index in [1.54, 1.807) is 28.4 Å². The van der Waals surface area contributed by atoms with Crippen LogP contribution in [0.4, 0.5) is 0 Å². The van der Waals surface area contributed by atoms with Crippen LogP contribution in [0.5, 0.6) is 23.0 Å². The summed E-state index contributed by atoms with van der Waals surface area (Å²) in [6, 6.07) is 28.5. The van der Waals surface area contributed by atoms with Gasteiger partial charge in [0, 0.05) is 12.1 Å². The minimum absolute atomic E-state index is 0.733. The normalized spacial score (nSPS) is 10.5. The van der Waals surface area contributed by atoms with Crippen molar-refractivity contribution in [2.75, 3.05) is 28.4 Å². The van der Waals surface area contributed by atoms with Crippen LogP contribution in [-0.2, 0) is 0 Å². The van der Waals surface area contributed by atoms with Crippen LogP contribution in [0.1, 0.15) is 0 Å². The standard InChI is InChI=1S/C28H26O4/c1-29-22-13-20(14-23(17-22)30-2)27-12-8-11-26(19-9-6-5-7-10-19)28(27)21-15-24(31-3)18-25(16-21)32-4/h5-18H,1-4H3. The van der Waals surface area contributed by atoms with Gasteiger partial charge in [-0.2, -0.15) is 0 Å². The Balaban J connectivity index is 2.05. The second-order valence-corrected chi connectivity index (χ2v) is 7.30. The predicted molar refractivity (Wildman–Crippen MR) is 129 cm³/mol. The van der Waals surface area contributed by atoms with Crippen LogP contribution in [0.2, 0.25) is 0 Å². The van der Waals surface area contributed by atoms with Crippen LogP contribution in [0, 0.1) is 0 Å². The van der Waals surface area contributed by atoms with Gasteiger partial charge in [0.1, 0.15) is 23.0 Å². The molecule has 4 aromatic rings. The van der Waals surface area contributed by atoms with Gasteiger partial charge in [-0.3, -0.25) is 0 Å². The molecule has 0 aliphatic heterocycles. The summed E-state index contributed by atoms with van der Waals surface area (Å²) in [5.41, 5.74) is 6.36. The zero-order chi connectivity index (χ0) is 22.5. The summed E-state index contributed by atoms with van der Waals surface area (Å²) in [5.74, 6) is 2.94. The lowest BCUT2D eigenvalue weighted by Crippen LogP contribution is -1.94. The maximum absolute atomic E-state index is 5.56. The van der Waals surface area contributed by atoms with E-state index >= 15 is 0 Å². The smallest absolute Gasteiger partial charge is 0.123 e. The molecule has 4 rings (SSSR count). The van der Waals surface area contributed by atoms with Gasteiger partial charge >= 0.3 is 0 Å². The van der Waals surface area contributed by atoms with Crippen molar-refractivity contribution >= 4 is 0 Å². The van der Waals surface area contributed by atoms with Gasteiger partial charge in [0.2, 0.25) is 0 Å². The first-order valence-corrected chi connectivity index (χ1v) is 10.3. The molecule has 0 saturated heterocycles. The number of rotatable bonds is 7. The number of hydrogen-bond acceptors (Lipinski definition) is 4. The highest BCUT2D eigenvalue weighted by molar-refractivity contribution is 5.95. The molecule has 0 aliphatic rings. The van der Waals surface area contributed by atoms with Gasteiger partial charge in [0.25, 0.3) is 0 Å². The van der Waals surface area contributed by atoms with E-state index < -0.39 is 0 Å². The van der Waals surface area contributed by atoms with Crippen LogP contribution in [0.3, 0.4) is 0 Å². The Morgan fingerprint density at radius 3 is 1.31 bits per heavy atom. The number of benzene rings is 4. The summed E-state index contributed by atoms with van der Waals surface area (Å²) < 4.78 is 22.2. The van der Waals surface area contributed by atoms with Crippen molar-refractivity contribution < 1.29 is 18.9 Å². The van der Waals surface area contributed by atoms with E-state index in [2.05, 4.69) is 30.3 Å². The highest BCUT2D eigenvalue weighted by Gasteiger charge is 2.17. The summed E-state index contributed by atoms with van der Waals surface area (Å²) in [5, 5.41) is 0. The summed E-state index contributed by atoms with van der Waals surface area (Å²) in [7, 11) is 6.64. The molecule has 4 aromatic carbocycles. The average molecular weight is 427 g/mol. The molecular weight excluding hydrogens is 400 g/mol. The maximum atomic E-state index is 5.56. The van der Waals surface area contributed by atoms with Gasteiger partial charge in [-0.15, -0.1) is 0 Å². The van der Waals surface area contributed by atoms with Crippen LogP contribution >= 0.6 is 0 Å². The first-order valence-electron chi connectivity index (χ1n) is 10.3. The first kappa shape index (κ1) is 21.3. The molecule has 0 heterocycles. The summed E-state index contributed by atoms with van der Waals surface area (Å²) >= 11 is 0. The van der Waals surface area contributed by atoms with Gasteiger partial charge in [-0.05, 0) is 57.6 Å². The Bertz CT molecular complexity index is 1170. The molecule has 0 saturated carbocycles. The predicted octanol–water partition coefficient (Wildman–Crippen LogP) is 6.72. The van der Waals surface area contributed by atoms with Crippen LogP contribution in [-0.4, -0.2) is 28.4 Å². The van der Waals surface area contributed by atoms with Gasteiger partial charge in [0.05, 0.1) is 28.4 Å². The quantitative estimate of drug-likeness (QED) is 0.329. The van der Waals surface area contributed by atoms with Crippen LogP contribution < -0.4 is 18.9 Å². The zero-order valence-corrected chi connectivity index (χ0v) is 18.7. The molecule has 0 atom stereocenters. The lowest BCUT2D eigenvalue weighted by Gasteiger charge is -2.18. The molecule has 32 heavy (non-hydrogen) atoms. The minimum Gasteiger partial charge on any atom is -0.497 e. The molecule has 4 heteroatoms. The molecule has 4 nitrogen and oxygen atoms in total. The van der Waals surface area contributed by atoms with E-state index in [0.29, 0.717) is 0 Å². The third kappa shape index (κ3) is 4.26. The van der Waals surface area contributed by atoms with Crippen molar-refractivity contribution in [2.45, 2.75) is 0 Å². The fourth-order valence-corrected chi connectivity index (χ4v) is 3.88. The molecule has 0 radical (unpaired) electrons. The maximum Gasteiger partial charge on any atom is 0.123 e. The van der Waals surface area contributed by atoms with Gasteiger partial charge in [-0.25, -0.2) is 0 Å². The van der Waals surface area contributed by atoms with Crippen molar-refractivity contribution in [1.29, 1.82) is 0 Å². The van der Waals surface area contributed by atoms with Crippen molar-refractivity contribution in [2.24, 2.45) is 0 Å². The monoisotopic (exact) mass is 426 g/mol. The molecule has 0 N–H and O–H groups in total. The molecule has 0 aromatic heterocycles. The molecule has 0 fully saturated rings. The van der Waals surface area contributed by atoms with Crippen LogP contribution in [0.15, 0.2) is 84.9 Å². The molecule has 162 valence electrons. The molecule has 0 unspecified atom stereocenters. The van der Waals surface area contributed by atoms with Gasteiger partial charge in [-0.1, -0.05) is 48.5 Å². The van der Waals surface area contributed by atoms with E-state index in [0.717, 1.165) is 56.4 Å². The van der Waals surface area contributed by atoms with Crippen molar-refractivity contribution in [1.82, 2.24) is 0 Å². The Hall–Kier alpha value is -3.92. The fourth-order valence-electron chi connectivity index (χ4n) is 3.88. The Kier molecular flexibility index (Phi) is 6.31. The molecule has 0 bridgehead atoms. The van der Waals surface area contributed by atoms with E-state index in [1.807, 2.05) is 54.6 Å². The average Bonchev–Trinajstić information content (AvgIpc) is 2.87. The Morgan fingerprint density at radius 1 is 0.406 bits per heavy atom. The zero-order valence-electron chi connectivity index (χ0n) is 18.7. The van der Waals surface area contributed by atoms with Crippen molar-refractivity contribution in [3.8, 4) is 56.4 Å². The topological polar surface area (TPSA) is 36.9 Å². The van der Waals surface area contributed by atoms with E-state index in [4.69, 9.17) is 18.9 Å². The first-order chi connectivity index (χ1) is 15.7. The third-order valence-electron chi connectivity index (χ3n) is 5.45. The van der Waals surface area contributed by atoms with Crippen molar-refractivity contribution in [3.63, 3.8) is 0 Å². The van der Waals surface area contributed by atoms with Crippen molar-refractivity contribution in [3.05, 3.63) is 84.9 Å². The number of hydrogen-bond donors (Lipinski definition) is 0. The Labute approximate surface area is 189 Å². The summed E-state index contributed by atoms with van der Waals surface area (Å²) in [6.45, 7) is 0. The van der Waals surface area contributed by atoms with E-state index in [1.165, 1.54) is 0 Å². The molecule has 0 spiro atoms. The van der Waals surface area contributed by atoms with Gasteiger partial charge < -0.3 is 18.9 Å². The highest BCUT2D eigenvalue weighted by Crippen LogP contribution is 2.43. The Morgan fingerprint density at radius 2 is 0.844 bits per heavy atom. The fraction of sp³-hybridized carbons (Fsp3) is 0.143. The lowest BCUT2D eigenvalue weighted by molar-refractivity contribution is 0.394. The largest absolute Gasteiger partial charge is 0.497 e. The van der Waals surface area contributed by atoms with Crippen LogP contribution in [0.25, 0.3) is 33.4 Å². The lowest BCUT2D eigenvalue weighted by atomic mass is 9.87. The number of ether oxygens (including phenoxy) is 4. The SMILES string of the molecule is COc1cc(OC)cc(-c2cccc(-c3ccccc3)c2-c2cc(OC)cc(OC)c2)c1. The molecule has 0 aliphatic carbocycles. The second kappa shape index (κ2) is 9.48. The second-order valence-electron chi connectivity index (χ2n) is 7.30. The number of methoxy groups -OCH3 is 4. The summed E-state index contributed by atoms with van der Waals surface area (Å²) in [6.07, 6.45) is 0. The highest BCUT2D eigenvalue weighted by atomic mass is 16.5. The molecule has 0 amide bonds.